The molecule has 2 aromatic heterocycles. The van der Waals surface area contributed by atoms with Crippen molar-refractivity contribution in [1.29, 1.82) is 0 Å². The predicted molar refractivity (Wildman–Crippen MR) is 218 cm³/mol. The van der Waals surface area contributed by atoms with E-state index in [9.17, 15) is 10.2 Å². The Morgan fingerprint density at radius 2 is 1.04 bits per heavy atom. The van der Waals surface area contributed by atoms with Crippen LogP contribution in [-0.4, -0.2) is 62.9 Å². The van der Waals surface area contributed by atoms with E-state index in [1.165, 1.54) is 16.8 Å². The van der Waals surface area contributed by atoms with Gasteiger partial charge in [0.2, 0.25) is 0 Å². The van der Waals surface area contributed by atoms with Crippen LogP contribution in [0, 0.1) is 0 Å². The Hall–Kier alpha value is -3.38. The van der Waals surface area contributed by atoms with Crippen LogP contribution < -0.4 is 20.9 Å². The number of rotatable bonds is 6. The van der Waals surface area contributed by atoms with Crippen molar-refractivity contribution in [2.24, 2.45) is 0 Å². The highest BCUT2D eigenvalue weighted by atomic mass is 79.9. The lowest BCUT2D eigenvalue weighted by Gasteiger charge is -2.10. The van der Waals surface area contributed by atoms with Crippen LogP contribution in [0.1, 0.15) is 0 Å². The van der Waals surface area contributed by atoms with Crippen LogP contribution in [0.2, 0.25) is 10.0 Å². The number of hydrogen-bond acceptors (Lipinski definition) is 10. The number of nitrogens with two attached hydrogens (primary N) is 2. The number of halogens is 7. The summed E-state index contributed by atoms with van der Waals surface area (Å²) < 4.78 is 13.7. The van der Waals surface area contributed by atoms with Crippen molar-refractivity contribution in [3.63, 3.8) is 0 Å². The van der Waals surface area contributed by atoms with E-state index in [2.05, 4.69) is 67.9 Å². The Morgan fingerprint density at radius 1 is 0.647 bits per heavy atom. The number of aromatic nitrogens is 6. The molecule has 0 aliphatic rings. The summed E-state index contributed by atoms with van der Waals surface area (Å²) in [7, 11) is 3.16. The number of alkyl halides is 2. The molecule has 6 rings (SSSR count). The summed E-state index contributed by atoms with van der Waals surface area (Å²) in [5, 5.41) is 36.6. The first-order valence-electron chi connectivity index (χ1n) is 14.1. The molecule has 4 aromatic carbocycles. The van der Waals surface area contributed by atoms with E-state index in [1.54, 1.807) is 73.5 Å². The van der Waals surface area contributed by atoms with Gasteiger partial charge in [0.05, 0.1) is 30.9 Å². The van der Waals surface area contributed by atoms with Gasteiger partial charge in [-0.25, -0.2) is 0 Å². The Balaban J connectivity index is 0.000000234. The summed E-state index contributed by atoms with van der Waals surface area (Å²) in [4.78, 5) is 0. The third kappa shape index (κ3) is 11.8. The predicted octanol–water partition coefficient (Wildman–Crippen LogP) is 9.35. The molecule has 51 heavy (non-hydrogen) atoms. The molecular formula is C31H28BBr3Cl4N8O4. The highest BCUT2D eigenvalue weighted by Gasteiger charge is 2.16. The van der Waals surface area contributed by atoms with Gasteiger partial charge in [-0.2, -0.15) is 9.36 Å². The molecule has 0 saturated heterocycles. The highest BCUT2D eigenvalue weighted by Crippen LogP contribution is 2.33. The fourth-order valence-electron chi connectivity index (χ4n) is 4.19. The summed E-state index contributed by atoms with van der Waals surface area (Å²) in [6.45, 7) is 0. The molecule has 0 amide bonds. The number of ether oxygens (including phenoxy) is 2. The second-order valence-corrected chi connectivity index (χ2v) is 17.7. The number of phenols is 2. The Bertz CT molecular complexity index is 2000. The van der Waals surface area contributed by atoms with Crippen molar-refractivity contribution < 1.29 is 19.7 Å². The number of phenolic OH excluding ortho intramolecular Hbond substituents is 2. The summed E-state index contributed by atoms with van der Waals surface area (Å²) >= 11 is 30.6. The van der Waals surface area contributed by atoms with Crippen LogP contribution in [0.4, 0.5) is 11.6 Å². The maximum atomic E-state index is 9.54. The van der Waals surface area contributed by atoms with Gasteiger partial charge in [0.1, 0.15) is 11.4 Å². The minimum atomic E-state index is -0.254. The number of benzene rings is 4. The molecule has 2 heterocycles. The van der Waals surface area contributed by atoms with Crippen LogP contribution in [0.15, 0.2) is 84.9 Å². The molecule has 0 radical (unpaired) electrons. The standard InChI is InChI=1S/C16H15ClN4O2.C14H11ClN4O2.CH2Cl2.BBr3/c1-22-13-8-7-12(9-14(13)23-2)21-16(18)15(19-20-21)10-3-5-11(17)6-4-10;15-9-3-1-8(2-4-9)13-14(16)19(18-17-13)10-5-6-11(20)12(21)7-10;2-1-3;2-1(3)4/h3-9H,18H2,1-2H3;1-7,20-21H,16H2;1H2;. The summed E-state index contributed by atoms with van der Waals surface area (Å²) in [6.07, 6.45) is 0. The highest BCUT2D eigenvalue weighted by molar-refractivity contribution is 9.69. The van der Waals surface area contributed by atoms with Gasteiger partial charge in [-0.05, 0) is 48.5 Å². The zero-order valence-corrected chi connectivity index (χ0v) is 34.3. The normalized spacial score (nSPS) is 10.1. The summed E-state index contributed by atoms with van der Waals surface area (Å²) in [5.74, 6) is 1.51. The zero-order chi connectivity index (χ0) is 37.7. The number of hydrogen-bond donors (Lipinski definition) is 4. The van der Waals surface area contributed by atoms with Gasteiger partial charge >= 0.3 is 3.18 Å². The third-order valence-electron chi connectivity index (χ3n) is 6.46. The summed E-state index contributed by atoms with van der Waals surface area (Å²) in [5.41, 5.74) is 16.2. The lowest BCUT2D eigenvalue weighted by atomic mass is 10.1. The second kappa shape index (κ2) is 20.6. The SMILES string of the molecule is BrB(Br)Br.COc1ccc(-n2nnc(-c3ccc(Cl)cc3)c2N)cc1OC.ClCCl.Nc1c(-c2ccc(Cl)cc2)nnn1-c1ccc(O)c(O)c1. The van der Waals surface area contributed by atoms with Crippen molar-refractivity contribution in [2.75, 3.05) is 31.0 Å². The minimum Gasteiger partial charge on any atom is -0.504 e. The average Bonchev–Trinajstić information content (AvgIpc) is 3.69. The lowest BCUT2D eigenvalue weighted by Crippen LogP contribution is -2.03. The molecule has 0 fully saturated rings. The Morgan fingerprint density at radius 3 is 1.43 bits per heavy atom. The number of aromatic hydroxyl groups is 2. The van der Waals surface area contributed by atoms with E-state index < -0.39 is 0 Å². The first kappa shape index (κ1) is 42.0. The molecule has 12 nitrogen and oxygen atoms in total. The first-order chi connectivity index (χ1) is 24.3. The lowest BCUT2D eigenvalue weighted by molar-refractivity contribution is 0.354. The van der Waals surface area contributed by atoms with Gasteiger partial charge in [-0.15, -0.1) is 80.7 Å². The fourth-order valence-corrected chi connectivity index (χ4v) is 4.44. The van der Waals surface area contributed by atoms with Crippen LogP contribution in [-0.2, 0) is 0 Å². The maximum absolute atomic E-state index is 9.54. The largest absolute Gasteiger partial charge is 0.504 e. The van der Waals surface area contributed by atoms with E-state index in [0.29, 0.717) is 50.3 Å². The van der Waals surface area contributed by atoms with E-state index in [0.717, 1.165) is 16.8 Å². The van der Waals surface area contributed by atoms with Crippen molar-refractivity contribution in [1.82, 2.24) is 30.0 Å². The van der Waals surface area contributed by atoms with Crippen LogP contribution >= 0.6 is 93.7 Å². The molecule has 6 aromatic rings. The van der Waals surface area contributed by atoms with E-state index in [1.807, 2.05) is 18.2 Å². The van der Waals surface area contributed by atoms with Crippen molar-refractivity contribution in [3.8, 4) is 56.9 Å². The molecule has 0 saturated carbocycles. The van der Waals surface area contributed by atoms with Gasteiger partial charge in [-0.3, -0.25) is 0 Å². The van der Waals surface area contributed by atoms with Crippen LogP contribution in [0.3, 0.4) is 0 Å². The Labute approximate surface area is 338 Å². The fraction of sp³-hybridized carbons (Fsp3) is 0.0968. The summed E-state index contributed by atoms with van der Waals surface area (Å²) in [6, 6.07) is 24.0. The second-order valence-electron chi connectivity index (χ2n) is 9.54. The van der Waals surface area contributed by atoms with Crippen LogP contribution in [0.5, 0.6) is 23.0 Å². The molecule has 20 heteroatoms. The van der Waals surface area contributed by atoms with Crippen molar-refractivity contribution >= 4 is 108 Å². The number of nitrogen functional groups attached to an aromatic ring is 2. The van der Waals surface area contributed by atoms with Gasteiger partial charge in [0, 0.05) is 33.3 Å². The molecule has 6 N–H and O–H groups in total. The van der Waals surface area contributed by atoms with E-state index >= 15 is 0 Å². The smallest absolute Gasteiger partial charge is 0.369 e. The third-order valence-corrected chi connectivity index (χ3v) is 6.96. The van der Waals surface area contributed by atoms with Gasteiger partial charge < -0.3 is 31.2 Å². The molecule has 0 spiro atoms. The maximum Gasteiger partial charge on any atom is 0.369 e. The Kier molecular flexibility index (Phi) is 17.0. The molecule has 0 atom stereocenters. The molecular weight excluding hydrogens is 941 g/mol. The molecule has 0 aliphatic heterocycles. The average molecular weight is 969 g/mol. The van der Waals surface area contributed by atoms with Crippen LogP contribution in [0.25, 0.3) is 33.9 Å². The number of nitrogens with zero attached hydrogens (tertiary/aromatic N) is 6. The molecule has 0 aliphatic carbocycles. The minimum absolute atomic E-state index is 0.194. The molecule has 0 bridgehead atoms. The quantitative estimate of drug-likeness (QED) is 0.0716. The topological polar surface area (TPSA) is 172 Å². The molecule has 268 valence electrons. The zero-order valence-electron chi connectivity index (χ0n) is 26.6. The monoisotopic (exact) mass is 964 g/mol. The van der Waals surface area contributed by atoms with Gasteiger partial charge in [0.25, 0.3) is 0 Å². The number of anilines is 2. The number of methoxy groups -OCH3 is 2. The van der Waals surface area contributed by atoms with Crippen molar-refractivity contribution in [2.45, 2.75) is 0 Å². The van der Waals surface area contributed by atoms with Gasteiger partial charge in [-0.1, -0.05) is 57.9 Å². The van der Waals surface area contributed by atoms with E-state index in [-0.39, 0.29) is 20.0 Å². The van der Waals surface area contributed by atoms with E-state index in [4.69, 9.17) is 67.3 Å². The van der Waals surface area contributed by atoms with Crippen molar-refractivity contribution in [3.05, 3.63) is 95.0 Å². The first-order valence-corrected chi connectivity index (χ1v) is 18.6. The molecule has 0 unspecified atom stereocenters. The van der Waals surface area contributed by atoms with Gasteiger partial charge in [0.15, 0.2) is 34.6 Å².